The highest BCUT2D eigenvalue weighted by Gasteiger charge is 2.02. The molecule has 2 aromatic rings. The summed E-state index contributed by atoms with van der Waals surface area (Å²) in [7, 11) is 3.70. The summed E-state index contributed by atoms with van der Waals surface area (Å²) in [5, 5.41) is 10.8. The zero-order valence-electron chi connectivity index (χ0n) is 14.9. The molecule has 0 saturated heterocycles. The van der Waals surface area contributed by atoms with Gasteiger partial charge in [0.1, 0.15) is 5.75 Å². The smallest absolute Gasteiger partial charge is 0.191 e. The van der Waals surface area contributed by atoms with Crippen LogP contribution in [0.5, 0.6) is 5.75 Å². The second kappa shape index (κ2) is 8.96. The number of guanidine groups is 1. The molecule has 0 radical (unpaired) electrons. The van der Waals surface area contributed by atoms with Crippen molar-refractivity contribution in [3.8, 4) is 5.75 Å². The number of benzene rings is 1. The minimum Gasteiger partial charge on any atom is -0.491 e. The maximum absolute atomic E-state index is 5.65. The summed E-state index contributed by atoms with van der Waals surface area (Å²) in [4.78, 5) is 4.24. The van der Waals surface area contributed by atoms with E-state index >= 15 is 0 Å². The molecule has 0 spiro atoms. The summed E-state index contributed by atoms with van der Waals surface area (Å²) < 4.78 is 7.50. The van der Waals surface area contributed by atoms with Crippen LogP contribution in [0, 0.1) is 0 Å². The van der Waals surface area contributed by atoms with Gasteiger partial charge in [0.25, 0.3) is 0 Å². The molecule has 0 amide bonds. The molecule has 0 fully saturated rings. The largest absolute Gasteiger partial charge is 0.491 e. The van der Waals surface area contributed by atoms with Crippen molar-refractivity contribution in [2.24, 2.45) is 12.0 Å². The van der Waals surface area contributed by atoms with Crippen molar-refractivity contribution in [3.63, 3.8) is 0 Å². The van der Waals surface area contributed by atoms with Gasteiger partial charge in [0.05, 0.1) is 18.3 Å². The van der Waals surface area contributed by atoms with Crippen molar-refractivity contribution in [1.29, 1.82) is 0 Å². The normalized spacial score (nSPS) is 11.6. The van der Waals surface area contributed by atoms with E-state index in [0.29, 0.717) is 6.54 Å². The summed E-state index contributed by atoms with van der Waals surface area (Å²) in [6, 6.07) is 10.2. The van der Waals surface area contributed by atoms with Gasteiger partial charge in [-0.05, 0) is 44.0 Å². The average molecular weight is 329 g/mol. The molecule has 1 heterocycles. The number of nitrogens with one attached hydrogen (secondary N) is 2. The molecule has 0 bridgehead atoms. The van der Waals surface area contributed by atoms with E-state index in [0.717, 1.165) is 30.4 Å². The van der Waals surface area contributed by atoms with E-state index in [4.69, 9.17) is 4.74 Å². The summed E-state index contributed by atoms with van der Waals surface area (Å²) in [6.07, 6.45) is 2.92. The van der Waals surface area contributed by atoms with E-state index in [1.54, 1.807) is 13.2 Å². The van der Waals surface area contributed by atoms with Gasteiger partial charge in [-0.2, -0.15) is 5.10 Å². The van der Waals surface area contributed by atoms with Gasteiger partial charge in [-0.15, -0.1) is 0 Å². The van der Waals surface area contributed by atoms with E-state index in [1.807, 2.05) is 43.8 Å². The van der Waals surface area contributed by atoms with Gasteiger partial charge in [-0.3, -0.25) is 9.67 Å². The van der Waals surface area contributed by atoms with Crippen LogP contribution in [0.3, 0.4) is 0 Å². The van der Waals surface area contributed by atoms with Crippen LogP contribution in [0.4, 0.5) is 0 Å². The molecular formula is C18H27N5O. The molecule has 0 aliphatic rings. The number of hydrogen-bond donors (Lipinski definition) is 2. The monoisotopic (exact) mass is 329 g/mol. The van der Waals surface area contributed by atoms with Gasteiger partial charge in [-0.25, -0.2) is 0 Å². The second-order valence-corrected chi connectivity index (χ2v) is 5.86. The van der Waals surface area contributed by atoms with Crippen LogP contribution in [0.1, 0.15) is 25.1 Å². The number of ether oxygens (including phenoxy) is 1. The Morgan fingerprint density at radius 1 is 1.21 bits per heavy atom. The molecule has 0 unspecified atom stereocenters. The lowest BCUT2D eigenvalue weighted by molar-refractivity contribution is 0.242. The summed E-state index contributed by atoms with van der Waals surface area (Å²) in [5.74, 6) is 1.70. The molecule has 0 aliphatic carbocycles. The zero-order valence-corrected chi connectivity index (χ0v) is 14.9. The Morgan fingerprint density at radius 3 is 2.54 bits per heavy atom. The van der Waals surface area contributed by atoms with Crippen LogP contribution < -0.4 is 15.4 Å². The molecule has 6 nitrogen and oxygen atoms in total. The molecule has 2 N–H and O–H groups in total. The van der Waals surface area contributed by atoms with Crippen LogP contribution in [-0.2, 0) is 20.0 Å². The van der Waals surface area contributed by atoms with Crippen LogP contribution in [0.15, 0.2) is 41.5 Å². The first-order chi connectivity index (χ1) is 11.6. The van der Waals surface area contributed by atoms with E-state index in [-0.39, 0.29) is 6.10 Å². The first kappa shape index (κ1) is 17.8. The minimum atomic E-state index is 0.200. The number of aliphatic imine (C=N–C) groups is 1. The summed E-state index contributed by atoms with van der Waals surface area (Å²) in [5.41, 5.74) is 2.37. The highest BCUT2D eigenvalue weighted by atomic mass is 16.5. The molecule has 0 atom stereocenters. The molecule has 6 heteroatoms. The number of aryl methyl sites for hydroxylation is 1. The molecule has 0 aliphatic heterocycles. The lowest BCUT2D eigenvalue weighted by Crippen LogP contribution is -2.38. The molecule has 0 saturated carbocycles. The van der Waals surface area contributed by atoms with Gasteiger partial charge in [0.15, 0.2) is 5.96 Å². The van der Waals surface area contributed by atoms with Gasteiger partial charge in [0.2, 0.25) is 0 Å². The quantitative estimate of drug-likeness (QED) is 0.603. The van der Waals surface area contributed by atoms with Crippen molar-refractivity contribution in [3.05, 3.63) is 47.8 Å². The summed E-state index contributed by atoms with van der Waals surface area (Å²) >= 11 is 0. The van der Waals surface area contributed by atoms with Crippen molar-refractivity contribution >= 4 is 5.96 Å². The van der Waals surface area contributed by atoms with E-state index in [2.05, 4.69) is 32.9 Å². The Hall–Kier alpha value is -2.50. The van der Waals surface area contributed by atoms with Crippen molar-refractivity contribution < 1.29 is 4.74 Å². The first-order valence-corrected chi connectivity index (χ1v) is 8.25. The standard InChI is InChI=1S/C18H27N5O/c1-14(2)24-17-7-5-15(6-8-17)9-11-20-18(19-3)21-13-16-10-12-22-23(16)4/h5-8,10,12,14H,9,11,13H2,1-4H3,(H2,19,20,21). The van der Waals surface area contributed by atoms with Crippen LogP contribution in [0.25, 0.3) is 0 Å². The number of nitrogens with zero attached hydrogens (tertiary/aromatic N) is 3. The summed E-state index contributed by atoms with van der Waals surface area (Å²) in [6.45, 7) is 5.57. The SMILES string of the molecule is CN=C(NCCc1ccc(OC(C)C)cc1)NCc1ccnn1C. The van der Waals surface area contributed by atoms with Crippen LogP contribution in [-0.4, -0.2) is 35.4 Å². The third kappa shape index (κ3) is 5.61. The van der Waals surface area contributed by atoms with Crippen LogP contribution in [0.2, 0.25) is 0 Å². The van der Waals surface area contributed by atoms with Gasteiger partial charge >= 0.3 is 0 Å². The third-order valence-electron chi connectivity index (χ3n) is 3.58. The van der Waals surface area contributed by atoms with Gasteiger partial charge in [0, 0.05) is 26.8 Å². The van der Waals surface area contributed by atoms with Crippen molar-refractivity contribution in [1.82, 2.24) is 20.4 Å². The molecule has 24 heavy (non-hydrogen) atoms. The third-order valence-corrected chi connectivity index (χ3v) is 3.58. The highest BCUT2D eigenvalue weighted by molar-refractivity contribution is 5.79. The Balaban J connectivity index is 1.74. The van der Waals surface area contributed by atoms with E-state index < -0.39 is 0 Å². The molecule has 1 aromatic heterocycles. The number of hydrogen-bond acceptors (Lipinski definition) is 3. The fourth-order valence-electron chi connectivity index (χ4n) is 2.30. The predicted octanol–water partition coefficient (Wildman–Crippen LogP) is 2.11. The second-order valence-electron chi connectivity index (χ2n) is 5.86. The topological polar surface area (TPSA) is 63.5 Å². The Morgan fingerprint density at radius 2 is 1.96 bits per heavy atom. The number of rotatable bonds is 7. The molecular weight excluding hydrogens is 302 g/mol. The Kier molecular flexibility index (Phi) is 6.66. The average Bonchev–Trinajstić information content (AvgIpc) is 2.97. The minimum absolute atomic E-state index is 0.200. The lowest BCUT2D eigenvalue weighted by atomic mass is 10.1. The zero-order chi connectivity index (χ0) is 17.4. The maximum Gasteiger partial charge on any atom is 0.191 e. The molecule has 1 aromatic carbocycles. The fourth-order valence-corrected chi connectivity index (χ4v) is 2.30. The molecule has 130 valence electrons. The molecule has 2 rings (SSSR count). The van der Waals surface area contributed by atoms with E-state index in [1.165, 1.54) is 5.56 Å². The van der Waals surface area contributed by atoms with Crippen molar-refractivity contribution in [2.75, 3.05) is 13.6 Å². The first-order valence-electron chi connectivity index (χ1n) is 8.25. The lowest BCUT2D eigenvalue weighted by Gasteiger charge is -2.13. The Labute approximate surface area is 143 Å². The van der Waals surface area contributed by atoms with Gasteiger partial charge < -0.3 is 15.4 Å². The number of aromatic nitrogens is 2. The fraction of sp³-hybridized carbons (Fsp3) is 0.444. The van der Waals surface area contributed by atoms with Gasteiger partial charge in [-0.1, -0.05) is 12.1 Å². The van der Waals surface area contributed by atoms with Crippen LogP contribution >= 0.6 is 0 Å². The predicted molar refractivity (Wildman–Crippen MR) is 97.3 cm³/mol. The maximum atomic E-state index is 5.65. The van der Waals surface area contributed by atoms with E-state index in [9.17, 15) is 0 Å². The van der Waals surface area contributed by atoms with Crippen molar-refractivity contribution in [2.45, 2.75) is 32.9 Å². The Bertz CT molecular complexity index is 646. The highest BCUT2D eigenvalue weighted by Crippen LogP contribution is 2.13.